The Labute approximate surface area is 184 Å². The van der Waals surface area contributed by atoms with Crippen LogP contribution in [-0.4, -0.2) is 42.8 Å². The molecular weight excluding hydrogens is 392 g/mol. The molecule has 0 unspecified atom stereocenters. The van der Waals surface area contributed by atoms with E-state index in [9.17, 15) is 9.59 Å². The average molecular weight is 425 g/mol. The lowest BCUT2D eigenvalue weighted by molar-refractivity contribution is 0.0205. The minimum Gasteiger partial charge on any atom is -0.444 e. The average Bonchev–Trinajstić information content (AvgIpc) is 2.77. The Kier molecular flexibility index (Phi) is 7.21. The minimum absolute atomic E-state index is 0.239. The Morgan fingerprint density at radius 2 is 1.61 bits per heavy atom. The highest BCUT2D eigenvalue weighted by Gasteiger charge is 2.27. The Morgan fingerprint density at radius 3 is 2.19 bits per heavy atom. The largest absolute Gasteiger partial charge is 0.444 e. The van der Waals surface area contributed by atoms with Gasteiger partial charge in [0.2, 0.25) is 0 Å². The molecule has 0 aromatic heterocycles. The highest BCUT2D eigenvalue weighted by Crippen LogP contribution is 2.30. The maximum Gasteiger partial charge on any atom is 0.414 e. The molecule has 166 valence electrons. The van der Waals surface area contributed by atoms with Crippen molar-refractivity contribution in [1.29, 1.82) is 0 Å². The van der Waals surface area contributed by atoms with E-state index < -0.39 is 5.60 Å². The highest BCUT2D eigenvalue weighted by atomic mass is 16.6. The first kappa shape index (κ1) is 22.7. The van der Waals surface area contributed by atoms with E-state index in [-0.39, 0.29) is 18.8 Å². The number of likely N-dealkylation sites (tertiary alicyclic amines) is 1. The molecule has 0 atom stereocenters. The summed E-state index contributed by atoms with van der Waals surface area (Å²) in [7, 11) is 1.71. The van der Waals surface area contributed by atoms with E-state index in [0.29, 0.717) is 19.0 Å². The molecule has 1 heterocycles. The first-order valence-electron chi connectivity index (χ1n) is 10.8. The fraction of sp³-hybridized carbons (Fsp3) is 0.440. The van der Waals surface area contributed by atoms with Gasteiger partial charge >= 0.3 is 12.2 Å². The molecule has 0 N–H and O–H groups in total. The van der Waals surface area contributed by atoms with Crippen LogP contribution in [0.2, 0.25) is 0 Å². The van der Waals surface area contributed by atoms with Crippen LogP contribution in [0.4, 0.5) is 15.3 Å². The number of rotatable bonds is 4. The Morgan fingerprint density at radius 1 is 1.00 bits per heavy atom. The van der Waals surface area contributed by atoms with Crippen molar-refractivity contribution in [3.05, 3.63) is 65.7 Å². The SMILES string of the molecule is CN(C(=O)OCc1ccccc1)c1ccc(C2CCN(C(=O)OC(C)(C)C)CC2)cc1. The third-order valence-corrected chi connectivity index (χ3v) is 5.38. The van der Waals surface area contributed by atoms with Crippen LogP contribution in [0.5, 0.6) is 0 Å². The summed E-state index contributed by atoms with van der Waals surface area (Å²) in [6.07, 6.45) is 1.17. The zero-order valence-electron chi connectivity index (χ0n) is 18.8. The van der Waals surface area contributed by atoms with Crippen LogP contribution < -0.4 is 4.90 Å². The van der Waals surface area contributed by atoms with Crippen LogP contribution in [0.25, 0.3) is 0 Å². The van der Waals surface area contributed by atoms with E-state index in [1.165, 1.54) is 10.5 Å². The quantitative estimate of drug-likeness (QED) is 0.643. The zero-order valence-corrected chi connectivity index (χ0v) is 18.8. The summed E-state index contributed by atoms with van der Waals surface area (Å²) in [5.74, 6) is 0.392. The maximum absolute atomic E-state index is 12.4. The van der Waals surface area contributed by atoms with Gasteiger partial charge in [0.25, 0.3) is 0 Å². The molecule has 0 spiro atoms. The van der Waals surface area contributed by atoms with Gasteiger partial charge in [0.15, 0.2) is 0 Å². The lowest BCUT2D eigenvalue weighted by atomic mass is 9.89. The molecule has 1 aliphatic rings. The number of benzene rings is 2. The number of nitrogens with zero attached hydrogens (tertiary/aromatic N) is 2. The van der Waals surface area contributed by atoms with Crippen molar-refractivity contribution < 1.29 is 19.1 Å². The molecular formula is C25H32N2O4. The maximum atomic E-state index is 12.4. The number of piperidine rings is 1. The molecule has 1 saturated heterocycles. The van der Waals surface area contributed by atoms with Gasteiger partial charge in [0.1, 0.15) is 12.2 Å². The summed E-state index contributed by atoms with van der Waals surface area (Å²) in [6, 6.07) is 17.6. The fourth-order valence-corrected chi connectivity index (χ4v) is 3.61. The van der Waals surface area contributed by atoms with Crippen LogP contribution in [-0.2, 0) is 16.1 Å². The van der Waals surface area contributed by atoms with Gasteiger partial charge in [-0.25, -0.2) is 9.59 Å². The minimum atomic E-state index is -0.474. The van der Waals surface area contributed by atoms with Gasteiger partial charge in [0, 0.05) is 25.8 Å². The lowest BCUT2D eigenvalue weighted by Gasteiger charge is -2.33. The van der Waals surface area contributed by atoms with Crippen molar-refractivity contribution >= 4 is 17.9 Å². The molecule has 6 nitrogen and oxygen atoms in total. The summed E-state index contributed by atoms with van der Waals surface area (Å²) in [5, 5.41) is 0. The molecule has 0 saturated carbocycles. The Hall–Kier alpha value is -3.02. The van der Waals surface area contributed by atoms with Crippen molar-refractivity contribution in [1.82, 2.24) is 4.90 Å². The molecule has 0 aliphatic carbocycles. The summed E-state index contributed by atoms with van der Waals surface area (Å²) in [4.78, 5) is 27.9. The fourth-order valence-electron chi connectivity index (χ4n) is 3.61. The Bertz CT molecular complexity index is 867. The van der Waals surface area contributed by atoms with Crippen molar-refractivity contribution in [2.75, 3.05) is 25.0 Å². The number of anilines is 1. The van der Waals surface area contributed by atoms with E-state index in [4.69, 9.17) is 9.47 Å². The standard InChI is InChI=1S/C25H32N2O4/c1-25(2,3)31-24(29)27-16-14-21(15-17-27)20-10-12-22(13-11-20)26(4)23(28)30-18-19-8-6-5-7-9-19/h5-13,21H,14-18H2,1-4H3. The monoisotopic (exact) mass is 424 g/mol. The molecule has 6 heteroatoms. The van der Waals surface area contributed by atoms with Crippen LogP contribution in [0.15, 0.2) is 54.6 Å². The molecule has 2 aromatic carbocycles. The number of carbonyl (C=O) groups excluding carboxylic acids is 2. The second kappa shape index (κ2) is 9.86. The van der Waals surface area contributed by atoms with Gasteiger partial charge in [-0.2, -0.15) is 0 Å². The lowest BCUT2D eigenvalue weighted by Crippen LogP contribution is -2.41. The number of hydrogen-bond acceptors (Lipinski definition) is 4. The molecule has 31 heavy (non-hydrogen) atoms. The number of carbonyl (C=O) groups is 2. The highest BCUT2D eigenvalue weighted by molar-refractivity contribution is 5.86. The first-order valence-corrected chi connectivity index (χ1v) is 10.8. The van der Waals surface area contributed by atoms with Gasteiger partial charge in [-0.15, -0.1) is 0 Å². The smallest absolute Gasteiger partial charge is 0.414 e. The molecule has 2 aromatic rings. The third-order valence-electron chi connectivity index (χ3n) is 5.38. The van der Waals surface area contributed by atoms with Gasteiger partial charge in [-0.3, -0.25) is 4.90 Å². The summed E-state index contributed by atoms with van der Waals surface area (Å²) < 4.78 is 10.9. The van der Waals surface area contributed by atoms with E-state index in [1.807, 2.05) is 63.2 Å². The molecule has 3 rings (SSSR count). The molecule has 0 bridgehead atoms. The van der Waals surface area contributed by atoms with Gasteiger partial charge < -0.3 is 14.4 Å². The normalized spacial score (nSPS) is 14.8. The van der Waals surface area contributed by atoms with Gasteiger partial charge in [-0.05, 0) is 62.8 Å². The van der Waals surface area contributed by atoms with E-state index in [0.717, 1.165) is 24.1 Å². The zero-order chi connectivity index (χ0) is 22.4. The van der Waals surface area contributed by atoms with Crippen LogP contribution in [0.1, 0.15) is 50.7 Å². The second-order valence-electron chi connectivity index (χ2n) is 8.93. The first-order chi connectivity index (χ1) is 14.7. The van der Waals surface area contributed by atoms with Crippen molar-refractivity contribution in [3.8, 4) is 0 Å². The third kappa shape index (κ3) is 6.48. The summed E-state index contributed by atoms with van der Waals surface area (Å²) >= 11 is 0. The van der Waals surface area contributed by atoms with Gasteiger partial charge in [0.05, 0.1) is 0 Å². The van der Waals surface area contributed by atoms with Crippen molar-refractivity contribution in [2.45, 2.75) is 51.7 Å². The van der Waals surface area contributed by atoms with Crippen LogP contribution >= 0.6 is 0 Å². The Balaban J connectivity index is 1.51. The van der Waals surface area contributed by atoms with Crippen molar-refractivity contribution in [3.63, 3.8) is 0 Å². The van der Waals surface area contributed by atoms with E-state index >= 15 is 0 Å². The van der Waals surface area contributed by atoms with E-state index in [2.05, 4.69) is 12.1 Å². The van der Waals surface area contributed by atoms with Gasteiger partial charge in [-0.1, -0.05) is 42.5 Å². The molecule has 1 aliphatic heterocycles. The number of hydrogen-bond donors (Lipinski definition) is 0. The molecule has 2 amide bonds. The predicted octanol–water partition coefficient (Wildman–Crippen LogP) is 5.57. The van der Waals surface area contributed by atoms with Crippen LogP contribution in [0.3, 0.4) is 0 Å². The second-order valence-corrected chi connectivity index (χ2v) is 8.93. The number of amides is 2. The van der Waals surface area contributed by atoms with Crippen molar-refractivity contribution in [2.24, 2.45) is 0 Å². The van der Waals surface area contributed by atoms with Crippen LogP contribution in [0, 0.1) is 0 Å². The number of ether oxygens (including phenoxy) is 2. The molecule has 1 fully saturated rings. The summed E-state index contributed by atoms with van der Waals surface area (Å²) in [6.45, 7) is 7.27. The summed E-state index contributed by atoms with van der Waals surface area (Å²) in [5.41, 5.74) is 2.49. The predicted molar refractivity (Wildman–Crippen MR) is 121 cm³/mol. The topological polar surface area (TPSA) is 59.1 Å². The van der Waals surface area contributed by atoms with E-state index in [1.54, 1.807) is 11.9 Å². The molecule has 0 radical (unpaired) electrons.